The molecule has 19 heavy (non-hydrogen) atoms. The number of benzene rings is 1. The summed E-state index contributed by atoms with van der Waals surface area (Å²) in [7, 11) is 2.21. The third-order valence-electron chi connectivity index (χ3n) is 4.25. The van der Waals surface area contributed by atoms with Crippen molar-refractivity contribution in [1.82, 2.24) is 9.47 Å². The molecule has 1 aliphatic rings. The monoisotopic (exact) mass is 254 g/mol. The maximum absolute atomic E-state index is 2.52. The third kappa shape index (κ3) is 2.10. The maximum atomic E-state index is 2.52. The number of aromatic nitrogens is 1. The van der Waals surface area contributed by atoms with Crippen molar-refractivity contribution in [3.05, 3.63) is 47.2 Å². The Morgan fingerprint density at radius 3 is 2.89 bits per heavy atom. The zero-order valence-corrected chi connectivity index (χ0v) is 12.1. The number of rotatable bonds is 2. The van der Waals surface area contributed by atoms with Crippen molar-refractivity contribution in [2.45, 2.75) is 33.4 Å². The van der Waals surface area contributed by atoms with Gasteiger partial charge in [-0.3, -0.25) is 0 Å². The molecule has 0 spiro atoms. The molecule has 0 fully saturated rings. The lowest BCUT2D eigenvalue weighted by atomic mass is 10.1. The number of para-hydroxylation sites is 1. The molecule has 1 aromatic carbocycles. The van der Waals surface area contributed by atoms with Crippen LogP contribution in [0.3, 0.4) is 0 Å². The Balaban J connectivity index is 2.20. The first-order valence-corrected chi connectivity index (χ1v) is 7.10. The summed E-state index contributed by atoms with van der Waals surface area (Å²) in [5, 5.41) is 1.44. The number of nitrogens with zero attached hydrogens (tertiary/aromatic N) is 2. The minimum atomic E-state index is 1.02. The van der Waals surface area contributed by atoms with E-state index in [-0.39, 0.29) is 0 Å². The van der Waals surface area contributed by atoms with Crippen LogP contribution in [0, 0.1) is 0 Å². The predicted molar refractivity (Wildman–Crippen MR) is 81.4 cm³/mol. The smallest absolute Gasteiger partial charge is 0.0488 e. The van der Waals surface area contributed by atoms with Crippen LogP contribution in [0.25, 0.3) is 10.9 Å². The highest BCUT2D eigenvalue weighted by atomic mass is 15.1. The highest BCUT2D eigenvalue weighted by Crippen LogP contribution is 2.31. The molecule has 0 radical (unpaired) electrons. The fourth-order valence-electron chi connectivity index (χ4n) is 3.06. The third-order valence-corrected chi connectivity index (χ3v) is 4.25. The Kier molecular flexibility index (Phi) is 3.19. The van der Waals surface area contributed by atoms with Gasteiger partial charge in [-0.25, -0.2) is 0 Å². The van der Waals surface area contributed by atoms with Gasteiger partial charge in [0.1, 0.15) is 0 Å². The largest absolute Gasteiger partial charge is 0.340 e. The van der Waals surface area contributed by atoms with E-state index in [9.17, 15) is 0 Å². The van der Waals surface area contributed by atoms with Gasteiger partial charge in [-0.1, -0.05) is 29.8 Å². The summed E-state index contributed by atoms with van der Waals surface area (Å²) < 4.78 is 2.52. The zero-order valence-electron chi connectivity index (χ0n) is 12.1. The summed E-state index contributed by atoms with van der Waals surface area (Å²) in [5.41, 5.74) is 5.90. The quantitative estimate of drug-likeness (QED) is 0.743. The second kappa shape index (κ2) is 4.86. The van der Waals surface area contributed by atoms with E-state index in [2.05, 4.69) is 60.7 Å². The van der Waals surface area contributed by atoms with E-state index in [1.807, 2.05) is 0 Å². The van der Waals surface area contributed by atoms with Crippen molar-refractivity contribution in [3.63, 3.8) is 0 Å². The van der Waals surface area contributed by atoms with Gasteiger partial charge >= 0.3 is 0 Å². The number of likely N-dealkylation sites (N-methyl/N-ethyl adjacent to an activating group) is 1. The molecule has 0 aliphatic carbocycles. The van der Waals surface area contributed by atoms with Gasteiger partial charge in [-0.05, 0) is 32.5 Å². The van der Waals surface area contributed by atoms with E-state index < -0.39 is 0 Å². The Bertz CT molecular complexity index is 634. The van der Waals surface area contributed by atoms with Crippen LogP contribution in [0.1, 0.15) is 25.1 Å². The number of hydrogen-bond donors (Lipinski definition) is 0. The average molecular weight is 254 g/mol. The molecule has 0 atom stereocenters. The van der Waals surface area contributed by atoms with Gasteiger partial charge in [0.05, 0.1) is 0 Å². The molecule has 0 saturated heterocycles. The lowest BCUT2D eigenvalue weighted by molar-refractivity contribution is 0.310. The molecule has 0 bridgehead atoms. The van der Waals surface area contributed by atoms with E-state index >= 15 is 0 Å². The SMILES string of the molecule is C/C=C(\C)Cn1c2c(c3ccccc31)CN(C)CC2. The van der Waals surface area contributed by atoms with Gasteiger partial charge < -0.3 is 9.47 Å². The summed E-state index contributed by atoms with van der Waals surface area (Å²) in [4.78, 5) is 2.42. The van der Waals surface area contributed by atoms with Crippen LogP contribution in [-0.2, 0) is 19.5 Å². The van der Waals surface area contributed by atoms with Crippen LogP contribution in [0.4, 0.5) is 0 Å². The Hall–Kier alpha value is -1.54. The van der Waals surface area contributed by atoms with Gasteiger partial charge in [0.15, 0.2) is 0 Å². The molecule has 2 heterocycles. The minimum Gasteiger partial charge on any atom is -0.340 e. The Labute approximate surface area is 115 Å². The summed E-state index contributed by atoms with van der Waals surface area (Å²) in [6.07, 6.45) is 3.38. The van der Waals surface area contributed by atoms with E-state index in [0.717, 1.165) is 26.1 Å². The van der Waals surface area contributed by atoms with Crippen molar-refractivity contribution < 1.29 is 0 Å². The molecular weight excluding hydrogens is 232 g/mol. The van der Waals surface area contributed by atoms with Gasteiger partial charge in [-0.15, -0.1) is 0 Å². The van der Waals surface area contributed by atoms with Crippen LogP contribution in [0.5, 0.6) is 0 Å². The fourth-order valence-corrected chi connectivity index (χ4v) is 3.06. The molecule has 0 amide bonds. The standard InChI is InChI=1S/C17H22N2/c1-4-13(2)11-19-16-8-6-5-7-14(16)15-12-18(3)10-9-17(15)19/h4-8H,9-12H2,1-3H3/b13-4+. The van der Waals surface area contributed by atoms with Crippen LogP contribution >= 0.6 is 0 Å². The van der Waals surface area contributed by atoms with Crippen molar-refractivity contribution in [3.8, 4) is 0 Å². The van der Waals surface area contributed by atoms with Gasteiger partial charge in [0, 0.05) is 42.7 Å². The highest BCUT2D eigenvalue weighted by molar-refractivity contribution is 5.85. The lowest BCUT2D eigenvalue weighted by Gasteiger charge is -2.24. The molecule has 100 valence electrons. The van der Waals surface area contributed by atoms with Crippen LogP contribution < -0.4 is 0 Å². The van der Waals surface area contributed by atoms with Crippen molar-refractivity contribution >= 4 is 10.9 Å². The first-order chi connectivity index (χ1) is 9.20. The molecule has 0 unspecified atom stereocenters. The number of fused-ring (bicyclic) bond motifs is 3. The Morgan fingerprint density at radius 2 is 2.11 bits per heavy atom. The molecule has 1 aliphatic heterocycles. The lowest BCUT2D eigenvalue weighted by Crippen LogP contribution is -2.27. The summed E-state index contributed by atoms with van der Waals surface area (Å²) in [6.45, 7) is 7.61. The summed E-state index contributed by atoms with van der Waals surface area (Å²) in [6, 6.07) is 8.84. The molecule has 3 rings (SSSR count). The van der Waals surface area contributed by atoms with Gasteiger partial charge in [0.25, 0.3) is 0 Å². The van der Waals surface area contributed by atoms with Crippen LogP contribution in [0.15, 0.2) is 35.9 Å². The summed E-state index contributed by atoms with van der Waals surface area (Å²) >= 11 is 0. The van der Waals surface area contributed by atoms with E-state index in [1.54, 1.807) is 5.69 Å². The molecule has 2 heteroatoms. The first-order valence-electron chi connectivity index (χ1n) is 7.10. The molecule has 0 saturated carbocycles. The van der Waals surface area contributed by atoms with E-state index in [1.165, 1.54) is 22.0 Å². The van der Waals surface area contributed by atoms with Crippen LogP contribution in [0.2, 0.25) is 0 Å². The first kappa shape index (κ1) is 12.5. The number of allylic oxidation sites excluding steroid dienone is 2. The van der Waals surface area contributed by atoms with Crippen molar-refractivity contribution in [2.75, 3.05) is 13.6 Å². The molecular formula is C17H22N2. The Morgan fingerprint density at radius 1 is 1.32 bits per heavy atom. The topological polar surface area (TPSA) is 8.17 Å². The highest BCUT2D eigenvalue weighted by Gasteiger charge is 2.21. The maximum Gasteiger partial charge on any atom is 0.0488 e. The van der Waals surface area contributed by atoms with Gasteiger partial charge in [-0.2, -0.15) is 0 Å². The summed E-state index contributed by atoms with van der Waals surface area (Å²) in [5.74, 6) is 0. The van der Waals surface area contributed by atoms with E-state index in [0.29, 0.717) is 0 Å². The van der Waals surface area contributed by atoms with Gasteiger partial charge in [0.2, 0.25) is 0 Å². The van der Waals surface area contributed by atoms with Crippen molar-refractivity contribution in [1.29, 1.82) is 0 Å². The minimum absolute atomic E-state index is 1.02. The fraction of sp³-hybridized carbons (Fsp3) is 0.412. The van der Waals surface area contributed by atoms with Crippen molar-refractivity contribution in [2.24, 2.45) is 0 Å². The molecule has 2 nitrogen and oxygen atoms in total. The predicted octanol–water partition coefficient (Wildman–Crippen LogP) is 3.60. The number of hydrogen-bond acceptors (Lipinski definition) is 1. The van der Waals surface area contributed by atoms with E-state index in [4.69, 9.17) is 0 Å². The molecule has 0 N–H and O–H groups in total. The molecule has 1 aromatic heterocycles. The average Bonchev–Trinajstić information content (AvgIpc) is 2.73. The molecule has 2 aromatic rings. The second-order valence-corrected chi connectivity index (χ2v) is 5.65. The second-order valence-electron chi connectivity index (χ2n) is 5.65. The normalized spacial score (nSPS) is 16.9. The van der Waals surface area contributed by atoms with Crippen LogP contribution in [-0.4, -0.2) is 23.1 Å². The zero-order chi connectivity index (χ0) is 13.4.